The number of carbonyl (C=O) groups excluding carboxylic acids is 1. The normalized spacial score (nSPS) is 17.0. The molecule has 0 saturated carbocycles. The van der Waals surface area contributed by atoms with E-state index in [9.17, 15) is 14.7 Å². The Morgan fingerprint density at radius 3 is 2.38 bits per heavy atom. The second kappa shape index (κ2) is 8.85. The van der Waals surface area contributed by atoms with Gasteiger partial charge in [0.2, 0.25) is 0 Å². The fourth-order valence-corrected chi connectivity index (χ4v) is 5.86. The van der Waals surface area contributed by atoms with Crippen LogP contribution in [0.2, 0.25) is 0 Å². The van der Waals surface area contributed by atoms with Crippen LogP contribution in [-0.4, -0.2) is 53.1 Å². The van der Waals surface area contributed by atoms with Crippen molar-refractivity contribution in [1.29, 1.82) is 0 Å². The number of piperidine rings is 1. The van der Waals surface area contributed by atoms with E-state index >= 15 is 0 Å². The summed E-state index contributed by atoms with van der Waals surface area (Å²) < 4.78 is 5.81. The smallest absolute Gasteiger partial charge is 0.320 e. The predicted molar refractivity (Wildman–Crippen MR) is 131 cm³/mol. The van der Waals surface area contributed by atoms with Crippen molar-refractivity contribution in [2.45, 2.75) is 59.5 Å². The number of ether oxygens (including phenoxy) is 1. The summed E-state index contributed by atoms with van der Waals surface area (Å²) in [6.07, 6.45) is 3.26. The lowest BCUT2D eigenvalue weighted by Gasteiger charge is -2.30. The number of hydrogen-bond acceptors (Lipinski definition) is 4. The number of fused-ring (bicyclic) bond motifs is 2. The van der Waals surface area contributed by atoms with E-state index in [0.717, 1.165) is 88.4 Å². The first-order valence-electron chi connectivity index (χ1n) is 12.3. The van der Waals surface area contributed by atoms with Gasteiger partial charge >= 0.3 is 12.0 Å². The maximum Gasteiger partial charge on any atom is 0.320 e. The van der Waals surface area contributed by atoms with E-state index in [1.165, 1.54) is 6.42 Å². The van der Waals surface area contributed by atoms with E-state index in [0.29, 0.717) is 19.7 Å². The molecular formula is C27H33N3O4. The number of nitrogens with one attached hydrogen (secondary N) is 1. The zero-order chi connectivity index (χ0) is 24.0. The molecule has 0 bridgehead atoms. The summed E-state index contributed by atoms with van der Waals surface area (Å²) in [7, 11) is 0. The number of hydrogen-bond donors (Lipinski definition) is 2. The van der Waals surface area contributed by atoms with Crippen molar-refractivity contribution < 1.29 is 19.4 Å². The molecule has 1 saturated heterocycles. The number of urea groups is 1. The van der Waals surface area contributed by atoms with E-state index in [4.69, 9.17) is 4.74 Å². The number of aliphatic carboxylic acids is 1. The SMILES string of the molecule is Cc1c2c(c(C)c(-c3ccc4c(c3C)NCCO4)c1CC(=O)O)CN(C(=O)N1CCCCC1)C2. The first kappa shape index (κ1) is 22.6. The first-order chi connectivity index (χ1) is 16.4. The maximum atomic E-state index is 13.3. The van der Waals surface area contributed by atoms with Gasteiger partial charge in [0.05, 0.1) is 12.1 Å². The predicted octanol–water partition coefficient (Wildman–Crippen LogP) is 4.63. The van der Waals surface area contributed by atoms with Crippen LogP contribution >= 0.6 is 0 Å². The highest BCUT2D eigenvalue weighted by atomic mass is 16.5. The number of carbonyl (C=O) groups is 2. The van der Waals surface area contributed by atoms with Crippen LogP contribution in [0, 0.1) is 20.8 Å². The molecule has 180 valence electrons. The minimum Gasteiger partial charge on any atom is -0.490 e. The molecule has 0 spiro atoms. The number of amides is 2. The van der Waals surface area contributed by atoms with E-state index in [1.54, 1.807) is 0 Å². The van der Waals surface area contributed by atoms with Crippen molar-refractivity contribution in [3.8, 4) is 16.9 Å². The molecule has 2 aromatic rings. The zero-order valence-corrected chi connectivity index (χ0v) is 20.3. The van der Waals surface area contributed by atoms with Crippen molar-refractivity contribution in [1.82, 2.24) is 9.80 Å². The molecule has 7 nitrogen and oxygen atoms in total. The van der Waals surface area contributed by atoms with Crippen LogP contribution in [0.25, 0.3) is 11.1 Å². The lowest BCUT2D eigenvalue weighted by Crippen LogP contribution is -2.43. The fraction of sp³-hybridized carbons (Fsp3) is 0.481. The fourth-order valence-electron chi connectivity index (χ4n) is 5.86. The summed E-state index contributed by atoms with van der Waals surface area (Å²) in [4.78, 5) is 29.1. The topological polar surface area (TPSA) is 82.1 Å². The third-order valence-corrected chi connectivity index (χ3v) is 7.68. The van der Waals surface area contributed by atoms with Gasteiger partial charge in [-0.1, -0.05) is 6.07 Å². The molecule has 0 aliphatic carbocycles. The van der Waals surface area contributed by atoms with Crippen LogP contribution in [0.1, 0.15) is 52.6 Å². The van der Waals surface area contributed by atoms with Gasteiger partial charge in [0.25, 0.3) is 0 Å². The van der Waals surface area contributed by atoms with Gasteiger partial charge in [0.15, 0.2) is 0 Å². The standard InChI is InChI=1S/C27H33N3O4/c1-16-20(13-24(31)32)25(19-7-8-23-26(18(19)3)28-9-12-34-23)17(2)22-15-30(14-21(16)22)27(33)29-10-5-4-6-11-29/h7-8,28H,4-6,9-15H2,1-3H3,(H,31,32). The Labute approximate surface area is 200 Å². The molecule has 3 aliphatic rings. The summed E-state index contributed by atoms with van der Waals surface area (Å²) in [5.41, 5.74) is 9.23. The molecule has 1 fully saturated rings. The lowest BCUT2D eigenvalue weighted by molar-refractivity contribution is -0.136. The Balaban J connectivity index is 1.60. The average Bonchev–Trinajstić information content (AvgIpc) is 3.30. The Hall–Kier alpha value is -3.22. The molecule has 34 heavy (non-hydrogen) atoms. The number of nitrogens with zero attached hydrogens (tertiary/aromatic N) is 2. The summed E-state index contributed by atoms with van der Waals surface area (Å²) in [5.74, 6) is -0.0128. The summed E-state index contributed by atoms with van der Waals surface area (Å²) in [6.45, 7) is 10.3. The molecule has 2 amide bonds. The highest BCUT2D eigenvalue weighted by Gasteiger charge is 2.33. The molecule has 0 unspecified atom stereocenters. The third-order valence-electron chi connectivity index (χ3n) is 7.68. The van der Waals surface area contributed by atoms with E-state index in [-0.39, 0.29) is 12.5 Å². The Morgan fingerprint density at radius 2 is 1.68 bits per heavy atom. The molecule has 0 radical (unpaired) electrons. The number of benzene rings is 2. The monoisotopic (exact) mass is 463 g/mol. The molecule has 3 heterocycles. The van der Waals surface area contributed by atoms with Crippen molar-refractivity contribution in [3.63, 3.8) is 0 Å². The van der Waals surface area contributed by atoms with Crippen LogP contribution in [0.5, 0.6) is 5.75 Å². The quantitative estimate of drug-likeness (QED) is 0.694. The van der Waals surface area contributed by atoms with Gasteiger partial charge < -0.3 is 25.0 Å². The molecule has 0 atom stereocenters. The number of rotatable bonds is 3. The zero-order valence-electron chi connectivity index (χ0n) is 20.3. The Kier molecular flexibility index (Phi) is 5.88. The molecule has 2 aromatic carbocycles. The number of anilines is 1. The number of carboxylic acids is 1. The highest BCUT2D eigenvalue weighted by molar-refractivity contribution is 5.86. The highest BCUT2D eigenvalue weighted by Crippen LogP contribution is 2.44. The Bertz CT molecular complexity index is 1170. The molecule has 3 aliphatic heterocycles. The van der Waals surface area contributed by atoms with E-state index < -0.39 is 5.97 Å². The second-order valence-electron chi connectivity index (χ2n) is 9.70. The van der Waals surface area contributed by atoms with Gasteiger partial charge in [-0.2, -0.15) is 0 Å². The van der Waals surface area contributed by atoms with Gasteiger partial charge in [-0.3, -0.25) is 4.79 Å². The first-order valence-corrected chi connectivity index (χ1v) is 12.3. The van der Waals surface area contributed by atoms with Crippen molar-refractivity contribution in [3.05, 3.63) is 45.5 Å². The summed E-state index contributed by atoms with van der Waals surface area (Å²) >= 11 is 0. The van der Waals surface area contributed by atoms with Gasteiger partial charge in [-0.15, -0.1) is 0 Å². The van der Waals surface area contributed by atoms with Gasteiger partial charge in [-0.05, 0) is 90.6 Å². The van der Waals surface area contributed by atoms with Crippen LogP contribution in [0.3, 0.4) is 0 Å². The second-order valence-corrected chi connectivity index (χ2v) is 9.70. The minimum absolute atomic E-state index is 0.0458. The van der Waals surface area contributed by atoms with Gasteiger partial charge in [0, 0.05) is 32.7 Å². The van der Waals surface area contributed by atoms with Crippen molar-refractivity contribution in [2.24, 2.45) is 0 Å². The molecule has 0 aromatic heterocycles. The van der Waals surface area contributed by atoms with E-state index in [2.05, 4.69) is 19.2 Å². The van der Waals surface area contributed by atoms with Crippen LogP contribution in [0.4, 0.5) is 10.5 Å². The van der Waals surface area contributed by atoms with Crippen molar-refractivity contribution >= 4 is 17.7 Å². The van der Waals surface area contributed by atoms with Gasteiger partial charge in [-0.25, -0.2) is 4.79 Å². The number of carboxylic acid groups (broad SMARTS) is 1. The summed E-state index contributed by atoms with van der Waals surface area (Å²) in [6, 6.07) is 4.12. The van der Waals surface area contributed by atoms with Crippen LogP contribution in [-0.2, 0) is 24.3 Å². The Morgan fingerprint density at radius 1 is 0.971 bits per heavy atom. The molecular weight excluding hydrogens is 430 g/mol. The molecule has 5 rings (SSSR count). The van der Waals surface area contributed by atoms with Gasteiger partial charge in [0.1, 0.15) is 12.4 Å². The van der Waals surface area contributed by atoms with Crippen LogP contribution in [0.15, 0.2) is 12.1 Å². The average molecular weight is 464 g/mol. The van der Waals surface area contributed by atoms with Crippen molar-refractivity contribution in [2.75, 3.05) is 31.6 Å². The third kappa shape index (κ3) is 3.77. The number of likely N-dealkylation sites (tertiary alicyclic amines) is 1. The minimum atomic E-state index is -0.847. The molecule has 2 N–H and O–H groups in total. The molecule has 7 heteroatoms. The van der Waals surface area contributed by atoms with E-state index in [1.807, 2.05) is 28.9 Å². The largest absolute Gasteiger partial charge is 0.490 e. The lowest BCUT2D eigenvalue weighted by atomic mass is 9.83. The summed E-state index contributed by atoms with van der Waals surface area (Å²) in [5, 5.41) is 13.2. The maximum absolute atomic E-state index is 13.3. The van der Waals surface area contributed by atoms with Crippen LogP contribution < -0.4 is 10.1 Å².